The molecule has 1 aliphatic rings. The number of nitrogens with zero attached hydrogens (tertiary/aromatic N) is 1. The molecule has 0 spiro atoms. The van der Waals surface area contributed by atoms with Gasteiger partial charge >= 0.3 is 5.97 Å². The SMILES string of the molecule is CC(C(=O)O)C(NC(=O)CCN1CCCS1(=O)=O)c1ccccc1. The van der Waals surface area contributed by atoms with E-state index in [1.807, 2.05) is 6.07 Å². The van der Waals surface area contributed by atoms with Crippen molar-refractivity contribution in [1.82, 2.24) is 9.62 Å². The summed E-state index contributed by atoms with van der Waals surface area (Å²) in [6.45, 7) is 2.09. The summed E-state index contributed by atoms with van der Waals surface area (Å²) in [5.41, 5.74) is 0.703. The van der Waals surface area contributed by atoms with Crippen LogP contribution in [0.5, 0.6) is 0 Å². The third-order valence-corrected chi connectivity index (χ3v) is 6.11. The molecule has 7 nitrogen and oxygen atoms in total. The molecule has 1 heterocycles. The molecule has 0 aromatic heterocycles. The van der Waals surface area contributed by atoms with Crippen LogP contribution in [0.1, 0.15) is 31.4 Å². The monoisotopic (exact) mass is 354 g/mol. The lowest BCUT2D eigenvalue weighted by molar-refractivity contribution is -0.142. The van der Waals surface area contributed by atoms with E-state index >= 15 is 0 Å². The van der Waals surface area contributed by atoms with E-state index in [2.05, 4.69) is 5.32 Å². The first-order valence-corrected chi connectivity index (χ1v) is 9.47. The van der Waals surface area contributed by atoms with Crippen molar-refractivity contribution in [2.45, 2.75) is 25.8 Å². The molecule has 24 heavy (non-hydrogen) atoms. The second-order valence-corrected chi connectivity index (χ2v) is 7.99. The lowest BCUT2D eigenvalue weighted by Crippen LogP contribution is -2.37. The van der Waals surface area contributed by atoms with Crippen LogP contribution in [0.4, 0.5) is 0 Å². The number of sulfonamides is 1. The minimum absolute atomic E-state index is 0.00883. The number of benzene rings is 1. The van der Waals surface area contributed by atoms with Crippen LogP contribution in [-0.2, 0) is 19.6 Å². The van der Waals surface area contributed by atoms with Crippen molar-refractivity contribution < 1.29 is 23.1 Å². The molecule has 1 fully saturated rings. The molecule has 1 amide bonds. The van der Waals surface area contributed by atoms with Crippen LogP contribution in [-0.4, -0.2) is 48.5 Å². The molecule has 132 valence electrons. The number of amides is 1. The van der Waals surface area contributed by atoms with Gasteiger partial charge in [0, 0.05) is 19.5 Å². The van der Waals surface area contributed by atoms with Crippen molar-refractivity contribution in [3.8, 4) is 0 Å². The Balaban J connectivity index is 2.01. The summed E-state index contributed by atoms with van der Waals surface area (Å²) in [6.07, 6.45) is 0.585. The number of hydrogen-bond donors (Lipinski definition) is 2. The van der Waals surface area contributed by atoms with Gasteiger partial charge in [0.15, 0.2) is 0 Å². The topological polar surface area (TPSA) is 104 Å². The average molecular weight is 354 g/mol. The van der Waals surface area contributed by atoms with E-state index < -0.39 is 28.0 Å². The van der Waals surface area contributed by atoms with E-state index in [9.17, 15) is 23.1 Å². The molecule has 1 aromatic carbocycles. The van der Waals surface area contributed by atoms with Crippen molar-refractivity contribution in [3.63, 3.8) is 0 Å². The van der Waals surface area contributed by atoms with Gasteiger partial charge in [-0.05, 0) is 18.9 Å². The van der Waals surface area contributed by atoms with Crippen LogP contribution in [0.15, 0.2) is 30.3 Å². The number of carboxylic acids is 1. The smallest absolute Gasteiger partial charge is 0.308 e. The normalized spacial score (nSPS) is 19.5. The molecule has 0 aliphatic carbocycles. The molecule has 2 rings (SSSR count). The maximum atomic E-state index is 12.2. The summed E-state index contributed by atoms with van der Waals surface area (Å²) in [5, 5.41) is 12.0. The zero-order chi connectivity index (χ0) is 17.7. The van der Waals surface area contributed by atoms with Crippen LogP contribution >= 0.6 is 0 Å². The van der Waals surface area contributed by atoms with Crippen molar-refractivity contribution in [3.05, 3.63) is 35.9 Å². The third kappa shape index (κ3) is 4.55. The van der Waals surface area contributed by atoms with Gasteiger partial charge in [0.05, 0.1) is 17.7 Å². The summed E-state index contributed by atoms with van der Waals surface area (Å²) in [7, 11) is -3.23. The summed E-state index contributed by atoms with van der Waals surface area (Å²) in [4.78, 5) is 23.5. The number of carbonyl (C=O) groups excluding carboxylic acids is 1. The van der Waals surface area contributed by atoms with E-state index in [0.29, 0.717) is 18.5 Å². The first-order chi connectivity index (χ1) is 11.3. The highest BCUT2D eigenvalue weighted by atomic mass is 32.2. The maximum Gasteiger partial charge on any atom is 0.308 e. The summed E-state index contributed by atoms with van der Waals surface area (Å²) >= 11 is 0. The molecular formula is C16H22N2O5S. The fraction of sp³-hybridized carbons (Fsp3) is 0.500. The number of rotatable bonds is 7. The Labute approximate surface area is 141 Å². The molecule has 2 atom stereocenters. The van der Waals surface area contributed by atoms with Gasteiger partial charge in [-0.3, -0.25) is 9.59 Å². The van der Waals surface area contributed by atoms with Gasteiger partial charge < -0.3 is 10.4 Å². The number of carbonyl (C=O) groups is 2. The minimum atomic E-state index is -3.23. The van der Waals surface area contributed by atoms with Gasteiger partial charge in [0.2, 0.25) is 15.9 Å². The van der Waals surface area contributed by atoms with Crippen molar-refractivity contribution in [1.29, 1.82) is 0 Å². The fourth-order valence-electron chi connectivity index (χ4n) is 2.71. The van der Waals surface area contributed by atoms with Gasteiger partial charge in [-0.15, -0.1) is 0 Å². The Hall–Kier alpha value is -1.93. The van der Waals surface area contributed by atoms with Crippen LogP contribution in [0.3, 0.4) is 0 Å². The van der Waals surface area contributed by atoms with Gasteiger partial charge in [0.1, 0.15) is 0 Å². The van der Waals surface area contributed by atoms with Gasteiger partial charge in [-0.25, -0.2) is 12.7 Å². The summed E-state index contributed by atoms with van der Waals surface area (Å²) in [5.74, 6) is -2.05. The number of hydrogen-bond acceptors (Lipinski definition) is 4. The van der Waals surface area contributed by atoms with E-state index in [0.717, 1.165) is 0 Å². The molecule has 0 radical (unpaired) electrons. The fourth-order valence-corrected chi connectivity index (χ4v) is 4.24. The van der Waals surface area contributed by atoms with Crippen molar-refractivity contribution >= 4 is 21.9 Å². The van der Waals surface area contributed by atoms with Crippen molar-refractivity contribution in [2.75, 3.05) is 18.8 Å². The van der Waals surface area contributed by atoms with Crippen LogP contribution < -0.4 is 5.32 Å². The Kier molecular flexibility index (Phi) is 5.95. The first-order valence-electron chi connectivity index (χ1n) is 7.86. The van der Waals surface area contributed by atoms with E-state index in [4.69, 9.17) is 0 Å². The summed E-state index contributed by atoms with van der Waals surface area (Å²) < 4.78 is 24.8. The number of carboxylic acid groups (broad SMARTS) is 1. The second kappa shape index (κ2) is 7.76. The first kappa shape index (κ1) is 18.4. The van der Waals surface area contributed by atoms with E-state index in [1.54, 1.807) is 24.3 Å². The average Bonchev–Trinajstić information content (AvgIpc) is 2.89. The van der Waals surface area contributed by atoms with Crippen LogP contribution in [0.2, 0.25) is 0 Å². The zero-order valence-electron chi connectivity index (χ0n) is 13.5. The third-order valence-electron chi connectivity index (χ3n) is 4.16. The van der Waals surface area contributed by atoms with Gasteiger partial charge in [-0.2, -0.15) is 0 Å². The Morgan fingerprint density at radius 3 is 2.50 bits per heavy atom. The minimum Gasteiger partial charge on any atom is -0.481 e. The van der Waals surface area contributed by atoms with Crippen LogP contribution in [0, 0.1) is 5.92 Å². The molecule has 2 unspecified atom stereocenters. The van der Waals surface area contributed by atoms with E-state index in [-0.39, 0.29) is 24.6 Å². The van der Waals surface area contributed by atoms with E-state index in [1.165, 1.54) is 11.2 Å². The standard InChI is InChI=1S/C16H22N2O5S/c1-12(16(20)21)15(13-6-3-2-4-7-13)17-14(19)8-10-18-9-5-11-24(18,22)23/h2-4,6-7,12,15H,5,8-11H2,1H3,(H,17,19)(H,20,21). The Morgan fingerprint density at radius 2 is 1.96 bits per heavy atom. The lowest BCUT2D eigenvalue weighted by Gasteiger charge is -2.23. The highest BCUT2D eigenvalue weighted by Crippen LogP contribution is 2.22. The van der Waals surface area contributed by atoms with Gasteiger partial charge in [-0.1, -0.05) is 30.3 Å². The largest absolute Gasteiger partial charge is 0.481 e. The summed E-state index contributed by atoms with van der Waals surface area (Å²) in [6, 6.07) is 8.22. The highest BCUT2D eigenvalue weighted by Gasteiger charge is 2.30. The molecule has 2 N–H and O–H groups in total. The molecule has 0 bridgehead atoms. The highest BCUT2D eigenvalue weighted by molar-refractivity contribution is 7.89. The zero-order valence-corrected chi connectivity index (χ0v) is 14.3. The van der Waals surface area contributed by atoms with Gasteiger partial charge in [0.25, 0.3) is 0 Å². The Bertz CT molecular complexity index is 690. The molecular weight excluding hydrogens is 332 g/mol. The number of aliphatic carboxylic acids is 1. The molecule has 1 aliphatic heterocycles. The lowest BCUT2D eigenvalue weighted by atomic mass is 9.94. The quantitative estimate of drug-likeness (QED) is 0.760. The Morgan fingerprint density at radius 1 is 1.29 bits per heavy atom. The predicted molar refractivity (Wildman–Crippen MR) is 88.7 cm³/mol. The second-order valence-electron chi connectivity index (χ2n) is 5.90. The van der Waals surface area contributed by atoms with Crippen molar-refractivity contribution in [2.24, 2.45) is 5.92 Å². The molecule has 1 saturated heterocycles. The molecule has 1 aromatic rings. The maximum absolute atomic E-state index is 12.2. The molecule has 0 saturated carbocycles. The number of nitrogens with one attached hydrogen (secondary N) is 1. The molecule has 8 heteroatoms. The predicted octanol–water partition coefficient (Wildman–Crippen LogP) is 0.990. The van der Waals surface area contributed by atoms with Crippen LogP contribution in [0.25, 0.3) is 0 Å².